The van der Waals surface area contributed by atoms with Crippen LogP contribution in [-0.2, 0) is 25.1 Å². The summed E-state index contributed by atoms with van der Waals surface area (Å²) in [5, 5.41) is 12.6. The van der Waals surface area contributed by atoms with Crippen LogP contribution in [0.5, 0.6) is 0 Å². The Labute approximate surface area is 230 Å². The summed E-state index contributed by atoms with van der Waals surface area (Å²) in [5.41, 5.74) is 10.8. The SMILES string of the molecule is C[C@H](NOCCc1ccccc1)C(=O)OP(=O)(O)O.Nc1nc(NC2CC2)c2ncn([C@H]3C=C[C@@H](CO)C3)c2n1. The lowest BCUT2D eigenvalue weighted by Crippen LogP contribution is -2.35. The van der Waals surface area contributed by atoms with Crippen molar-refractivity contribution >= 4 is 36.7 Å². The van der Waals surface area contributed by atoms with Gasteiger partial charge in [0.1, 0.15) is 6.04 Å². The largest absolute Gasteiger partial charge is 0.527 e. The van der Waals surface area contributed by atoms with E-state index in [0.29, 0.717) is 19.1 Å². The zero-order valence-corrected chi connectivity index (χ0v) is 22.9. The molecular formula is C25H34N7O7P. The summed E-state index contributed by atoms with van der Waals surface area (Å²) in [4.78, 5) is 46.2. The van der Waals surface area contributed by atoms with Gasteiger partial charge in [-0.2, -0.15) is 15.4 Å². The highest BCUT2D eigenvalue weighted by atomic mass is 31.2. The van der Waals surface area contributed by atoms with Gasteiger partial charge in [0.05, 0.1) is 19.0 Å². The number of phosphoric acid groups is 1. The molecular weight excluding hydrogens is 541 g/mol. The number of anilines is 2. The van der Waals surface area contributed by atoms with Crippen molar-refractivity contribution in [2.24, 2.45) is 5.92 Å². The molecule has 1 aromatic carbocycles. The summed E-state index contributed by atoms with van der Waals surface area (Å²) in [6.07, 6.45) is 9.75. The van der Waals surface area contributed by atoms with Gasteiger partial charge in [-0.05, 0) is 38.2 Å². The summed E-state index contributed by atoms with van der Waals surface area (Å²) in [5.74, 6) is 0.108. The molecule has 3 aromatic rings. The van der Waals surface area contributed by atoms with Gasteiger partial charge in [0.25, 0.3) is 0 Å². The highest BCUT2D eigenvalue weighted by molar-refractivity contribution is 7.46. The molecule has 2 aliphatic carbocycles. The lowest BCUT2D eigenvalue weighted by Gasteiger charge is -2.13. The number of nitrogen functional groups attached to an aromatic ring is 1. The van der Waals surface area contributed by atoms with Crippen LogP contribution in [0.1, 0.15) is 37.8 Å². The Hall–Kier alpha value is -3.39. The van der Waals surface area contributed by atoms with E-state index in [9.17, 15) is 14.5 Å². The number of nitrogens with one attached hydrogen (secondary N) is 2. The first-order valence-electron chi connectivity index (χ1n) is 12.9. The van der Waals surface area contributed by atoms with Crippen molar-refractivity contribution in [3.05, 3.63) is 54.4 Å². The number of benzene rings is 1. The predicted molar refractivity (Wildman–Crippen MR) is 147 cm³/mol. The van der Waals surface area contributed by atoms with Crippen LogP contribution < -0.4 is 16.5 Å². The summed E-state index contributed by atoms with van der Waals surface area (Å²) in [6.45, 7) is 1.86. The average molecular weight is 576 g/mol. The molecule has 2 aromatic heterocycles. The highest BCUT2D eigenvalue weighted by Gasteiger charge is 2.27. The van der Waals surface area contributed by atoms with E-state index in [1.165, 1.54) is 6.92 Å². The molecule has 0 radical (unpaired) electrons. The molecule has 3 atom stereocenters. The number of aliphatic hydroxyl groups excluding tert-OH is 1. The van der Waals surface area contributed by atoms with Crippen molar-refractivity contribution in [2.75, 3.05) is 24.3 Å². The van der Waals surface area contributed by atoms with Gasteiger partial charge >= 0.3 is 13.8 Å². The van der Waals surface area contributed by atoms with Crippen molar-refractivity contribution < 1.29 is 33.6 Å². The minimum Gasteiger partial charge on any atom is -0.396 e. The molecule has 0 amide bonds. The topological polar surface area (TPSA) is 207 Å². The highest BCUT2D eigenvalue weighted by Crippen LogP contribution is 2.36. The van der Waals surface area contributed by atoms with Gasteiger partial charge in [0.15, 0.2) is 17.0 Å². The fourth-order valence-electron chi connectivity index (χ4n) is 4.03. The molecule has 0 aliphatic heterocycles. The zero-order valence-electron chi connectivity index (χ0n) is 22.0. The maximum Gasteiger partial charge on any atom is 0.527 e. The molecule has 1 saturated carbocycles. The van der Waals surface area contributed by atoms with Crippen LogP contribution >= 0.6 is 7.82 Å². The number of hydrogen-bond donors (Lipinski definition) is 6. The number of nitrogens with two attached hydrogens (primary N) is 1. The summed E-state index contributed by atoms with van der Waals surface area (Å²) in [6, 6.07) is 9.27. The molecule has 40 heavy (non-hydrogen) atoms. The van der Waals surface area contributed by atoms with Gasteiger partial charge in [-0.1, -0.05) is 42.5 Å². The maximum atomic E-state index is 11.2. The third kappa shape index (κ3) is 8.55. The van der Waals surface area contributed by atoms with Crippen LogP contribution in [0.15, 0.2) is 48.8 Å². The van der Waals surface area contributed by atoms with Crippen LogP contribution in [0.25, 0.3) is 11.2 Å². The Bertz CT molecular complexity index is 1360. The summed E-state index contributed by atoms with van der Waals surface area (Å²) in [7, 11) is -4.81. The third-order valence-corrected chi connectivity index (χ3v) is 6.67. The van der Waals surface area contributed by atoms with E-state index in [1.807, 2.05) is 41.0 Å². The quantitative estimate of drug-likeness (QED) is 0.0836. The second kappa shape index (κ2) is 13.3. The molecule has 7 N–H and O–H groups in total. The smallest absolute Gasteiger partial charge is 0.396 e. The van der Waals surface area contributed by atoms with E-state index in [4.69, 9.17) is 20.4 Å². The molecule has 216 valence electrons. The second-order valence-corrected chi connectivity index (χ2v) is 10.8. The molecule has 1 fully saturated rings. The number of aromatic nitrogens is 4. The van der Waals surface area contributed by atoms with Crippen molar-refractivity contribution in [1.82, 2.24) is 25.0 Å². The van der Waals surface area contributed by atoms with Crippen molar-refractivity contribution in [2.45, 2.75) is 50.7 Å². The molecule has 5 rings (SSSR count). The maximum absolute atomic E-state index is 11.2. The number of allylic oxidation sites excluding steroid dienone is 1. The normalized spacial score (nSPS) is 19.2. The van der Waals surface area contributed by atoms with E-state index < -0.39 is 19.8 Å². The van der Waals surface area contributed by atoms with Gasteiger partial charge in [-0.3, -0.25) is 9.79 Å². The van der Waals surface area contributed by atoms with Gasteiger partial charge in [-0.15, -0.1) is 0 Å². The van der Waals surface area contributed by atoms with E-state index >= 15 is 0 Å². The third-order valence-electron chi connectivity index (χ3n) is 6.26. The molecule has 14 nitrogen and oxygen atoms in total. The fourth-order valence-corrected chi connectivity index (χ4v) is 4.43. The van der Waals surface area contributed by atoms with E-state index in [-0.39, 0.29) is 24.5 Å². The fraction of sp³-hybridized carbons (Fsp3) is 0.440. The molecule has 0 saturated heterocycles. The molecule has 0 unspecified atom stereocenters. The lowest BCUT2D eigenvalue weighted by molar-refractivity contribution is -0.141. The number of nitrogens with zero attached hydrogens (tertiary/aromatic N) is 4. The first-order valence-corrected chi connectivity index (χ1v) is 14.4. The molecule has 0 bridgehead atoms. The Morgan fingerprint density at radius 3 is 2.62 bits per heavy atom. The number of imidazole rings is 1. The number of hydroxylamine groups is 1. The molecule has 15 heteroatoms. The lowest BCUT2D eigenvalue weighted by atomic mass is 10.1. The van der Waals surface area contributed by atoms with Gasteiger partial charge < -0.3 is 30.1 Å². The van der Waals surface area contributed by atoms with Crippen molar-refractivity contribution in [3.63, 3.8) is 0 Å². The first kappa shape index (κ1) is 29.6. The summed E-state index contributed by atoms with van der Waals surface area (Å²) >= 11 is 0. The van der Waals surface area contributed by atoms with Crippen LogP contribution in [-0.4, -0.2) is 65.7 Å². The number of hydrogen-bond acceptors (Lipinski definition) is 11. The first-order chi connectivity index (χ1) is 19.1. The molecule has 2 aliphatic rings. The van der Waals surface area contributed by atoms with Crippen molar-refractivity contribution in [1.29, 1.82) is 0 Å². The number of phosphoric ester groups is 1. The second-order valence-electron chi connectivity index (χ2n) is 9.63. The molecule has 0 spiro atoms. The number of aliphatic hydroxyl groups is 1. The van der Waals surface area contributed by atoms with E-state index in [0.717, 1.165) is 41.8 Å². The van der Waals surface area contributed by atoms with Crippen LogP contribution in [0, 0.1) is 5.92 Å². The Kier molecular flexibility index (Phi) is 9.85. The number of carbonyl (C=O) groups excluding carboxylic acids is 1. The number of fused-ring (bicyclic) bond motifs is 1. The monoisotopic (exact) mass is 575 g/mol. The van der Waals surface area contributed by atoms with Crippen molar-refractivity contribution in [3.8, 4) is 0 Å². The van der Waals surface area contributed by atoms with E-state index in [1.54, 1.807) is 6.33 Å². The van der Waals surface area contributed by atoms with Crippen LogP contribution in [0.2, 0.25) is 0 Å². The van der Waals surface area contributed by atoms with Gasteiger partial charge in [0, 0.05) is 18.6 Å². The molecule has 2 heterocycles. The van der Waals surface area contributed by atoms with Gasteiger partial charge in [0.2, 0.25) is 5.95 Å². The standard InChI is InChI=1S/C14H18N6O.C11H16NO6P/c15-14-18-12(17-9-2-3-9)11-13(19-14)20(7-16-11)10-4-1-8(5-10)6-21;1-9(11(13)18-19(14,15)16)12-17-8-7-10-5-3-2-4-6-10/h1,4,7-10,21H,2-3,5-6H2,(H3,15,17,18,19);2-6,9,12H,7-8H2,1H3,(H2,14,15,16)/t8-,10+;9-/m10/s1. The van der Waals surface area contributed by atoms with E-state index in [2.05, 4.69) is 36.3 Å². The zero-order chi connectivity index (χ0) is 28.7. The number of carbonyl (C=O) groups is 1. The Morgan fingerprint density at radius 1 is 1.23 bits per heavy atom. The minimum atomic E-state index is -4.81. The Morgan fingerprint density at radius 2 is 1.98 bits per heavy atom. The summed E-state index contributed by atoms with van der Waals surface area (Å²) < 4.78 is 16.4. The average Bonchev–Trinajstić information content (AvgIpc) is 3.42. The minimum absolute atomic E-state index is 0.162. The Balaban J connectivity index is 0.000000186. The van der Waals surface area contributed by atoms with Gasteiger partial charge in [-0.25, -0.2) is 14.3 Å². The van der Waals surface area contributed by atoms with Crippen LogP contribution in [0.3, 0.4) is 0 Å². The predicted octanol–water partition coefficient (Wildman–Crippen LogP) is 1.87. The van der Waals surface area contributed by atoms with Crippen LogP contribution in [0.4, 0.5) is 11.8 Å². The number of rotatable bonds is 11.